The average Bonchev–Trinajstić information content (AvgIpc) is 3.32. The van der Waals surface area contributed by atoms with E-state index >= 15 is 0 Å². The van der Waals surface area contributed by atoms with Gasteiger partial charge in [-0.3, -0.25) is 4.79 Å². The number of methoxy groups -OCH3 is 3. The molecule has 1 N–H and O–H groups in total. The quantitative estimate of drug-likeness (QED) is 0.609. The van der Waals surface area contributed by atoms with Gasteiger partial charge in [0.1, 0.15) is 23.8 Å². The van der Waals surface area contributed by atoms with E-state index in [9.17, 15) is 9.59 Å². The molecule has 2 aromatic carbocycles. The zero-order valence-corrected chi connectivity index (χ0v) is 20.3. The number of carbonyl (C=O) groups excluding carboxylic acids is 2. The van der Waals surface area contributed by atoms with Crippen molar-refractivity contribution in [2.45, 2.75) is 25.8 Å². The van der Waals surface area contributed by atoms with Crippen LogP contribution in [0.25, 0.3) is 0 Å². The Balaban J connectivity index is 1.91. The molecule has 9 nitrogen and oxygen atoms in total. The first-order chi connectivity index (χ1) is 16.4. The predicted octanol–water partition coefficient (Wildman–Crippen LogP) is 3.44. The molecule has 1 unspecified atom stereocenters. The molecule has 0 radical (unpaired) electrons. The molecule has 0 saturated carbocycles. The second-order valence-electron chi connectivity index (χ2n) is 7.93. The second-order valence-corrected chi connectivity index (χ2v) is 7.93. The Bertz CT molecular complexity index is 1040. The fraction of sp³-hybridized carbons (Fsp3) is 0.400. The van der Waals surface area contributed by atoms with Gasteiger partial charge in [0.05, 0.1) is 33.1 Å². The highest BCUT2D eigenvalue weighted by Crippen LogP contribution is 2.36. The van der Waals surface area contributed by atoms with E-state index < -0.39 is 0 Å². The van der Waals surface area contributed by atoms with Gasteiger partial charge in [0, 0.05) is 31.6 Å². The van der Waals surface area contributed by atoms with Crippen LogP contribution in [0.15, 0.2) is 47.6 Å². The lowest BCUT2D eigenvalue weighted by atomic mass is 9.97. The van der Waals surface area contributed by atoms with Crippen molar-refractivity contribution in [3.63, 3.8) is 0 Å². The molecule has 0 fully saturated rings. The Labute approximate surface area is 200 Å². The normalized spacial score (nSPS) is 14.9. The van der Waals surface area contributed by atoms with E-state index in [1.807, 2.05) is 43.3 Å². The number of carbonyl (C=O) groups is 2. The van der Waals surface area contributed by atoms with E-state index in [1.165, 1.54) is 9.91 Å². The summed E-state index contributed by atoms with van der Waals surface area (Å²) in [6, 6.07) is 12.4. The Kier molecular flexibility index (Phi) is 8.34. The molecule has 3 amide bonds. The van der Waals surface area contributed by atoms with Gasteiger partial charge in [-0.2, -0.15) is 5.10 Å². The number of urea groups is 1. The van der Waals surface area contributed by atoms with Crippen LogP contribution < -0.4 is 19.5 Å². The highest BCUT2D eigenvalue weighted by atomic mass is 16.5. The summed E-state index contributed by atoms with van der Waals surface area (Å²) in [6.07, 6.45) is 1.31. The molecule has 0 aromatic heterocycles. The zero-order chi connectivity index (χ0) is 24.7. The van der Waals surface area contributed by atoms with Crippen molar-refractivity contribution in [2.24, 2.45) is 5.10 Å². The maximum absolute atomic E-state index is 13.3. The summed E-state index contributed by atoms with van der Waals surface area (Å²) >= 11 is 0. The van der Waals surface area contributed by atoms with E-state index in [0.717, 1.165) is 23.3 Å². The van der Waals surface area contributed by atoms with E-state index in [2.05, 4.69) is 10.4 Å². The van der Waals surface area contributed by atoms with Crippen molar-refractivity contribution in [3.05, 3.63) is 53.6 Å². The van der Waals surface area contributed by atoms with Gasteiger partial charge in [0.25, 0.3) is 5.91 Å². The van der Waals surface area contributed by atoms with Gasteiger partial charge in [-0.1, -0.05) is 19.1 Å². The van der Waals surface area contributed by atoms with Crippen LogP contribution in [0.3, 0.4) is 0 Å². The van der Waals surface area contributed by atoms with Crippen molar-refractivity contribution in [2.75, 3.05) is 41.5 Å². The minimum absolute atomic E-state index is 0.0985. The number of hydrogen-bond acceptors (Lipinski definition) is 6. The lowest BCUT2D eigenvalue weighted by Crippen LogP contribution is -2.43. The molecule has 0 saturated heterocycles. The van der Waals surface area contributed by atoms with E-state index in [0.29, 0.717) is 30.2 Å². The summed E-state index contributed by atoms with van der Waals surface area (Å²) in [5.41, 5.74) is 2.41. The van der Waals surface area contributed by atoms with Crippen LogP contribution in [0.1, 0.15) is 36.9 Å². The molecule has 2 aromatic rings. The Hall–Kier alpha value is -3.75. The number of ether oxygens (including phenoxy) is 3. The zero-order valence-electron chi connectivity index (χ0n) is 20.3. The number of hydrogen-bond donors (Lipinski definition) is 1. The largest absolute Gasteiger partial charge is 0.497 e. The molecule has 1 aliphatic rings. The molecule has 1 aliphatic heterocycles. The van der Waals surface area contributed by atoms with Crippen LogP contribution in [-0.2, 0) is 4.79 Å². The summed E-state index contributed by atoms with van der Waals surface area (Å²) in [7, 11) is 6.38. The molecule has 3 rings (SSSR count). The monoisotopic (exact) mass is 468 g/mol. The summed E-state index contributed by atoms with van der Waals surface area (Å²) < 4.78 is 16.1. The van der Waals surface area contributed by atoms with Crippen LogP contribution in [0.4, 0.5) is 4.79 Å². The Morgan fingerprint density at radius 2 is 1.74 bits per heavy atom. The minimum atomic E-state index is -0.327. The first kappa shape index (κ1) is 24.9. The van der Waals surface area contributed by atoms with Gasteiger partial charge in [0.15, 0.2) is 0 Å². The molecule has 1 atom stereocenters. The van der Waals surface area contributed by atoms with Gasteiger partial charge < -0.3 is 24.4 Å². The lowest BCUT2D eigenvalue weighted by molar-refractivity contribution is -0.133. The van der Waals surface area contributed by atoms with Crippen LogP contribution in [-0.4, -0.2) is 69.0 Å². The molecule has 0 aliphatic carbocycles. The smallest absolute Gasteiger partial charge is 0.317 e. The van der Waals surface area contributed by atoms with Gasteiger partial charge in [0.2, 0.25) is 0 Å². The minimum Gasteiger partial charge on any atom is -0.497 e. The number of likely N-dealkylation sites (N-methyl/N-ethyl adjacent to an activating group) is 1. The number of hydrazone groups is 1. The number of nitrogens with zero attached hydrogens (tertiary/aromatic N) is 3. The number of amides is 3. The number of nitrogens with one attached hydrogen (secondary N) is 1. The van der Waals surface area contributed by atoms with Crippen molar-refractivity contribution in [1.82, 2.24) is 15.2 Å². The fourth-order valence-corrected chi connectivity index (χ4v) is 3.74. The summed E-state index contributed by atoms with van der Waals surface area (Å²) in [4.78, 5) is 26.9. The molecular weight excluding hydrogens is 436 g/mol. The van der Waals surface area contributed by atoms with E-state index in [1.54, 1.807) is 34.4 Å². The summed E-state index contributed by atoms with van der Waals surface area (Å²) in [6.45, 7) is 2.42. The molecule has 1 heterocycles. The van der Waals surface area contributed by atoms with Crippen LogP contribution in [0.5, 0.6) is 17.2 Å². The standard InChI is InChI=1S/C25H32N4O5/c1-6-13-26-25(31)28(2)16-24(30)29-22(17-7-9-18(32-3)10-8-17)15-21(27-29)20-12-11-19(33-4)14-23(20)34-5/h7-12,14,22H,6,13,15-16H2,1-5H3,(H,26,31). The van der Waals surface area contributed by atoms with Crippen LogP contribution in [0.2, 0.25) is 0 Å². The van der Waals surface area contributed by atoms with E-state index in [4.69, 9.17) is 14.2 Å². The molecule has 0 spiro atoms. The maximum atomic E-state index is 13.3. The third-order valence-corrected chi connectivity index (χ3v) is 5.63. The second kappa shape index (κ2) is 11.4. The predicted molar refractivity (Wildman–Crippen MR) is 130 cm³/mol. The summed E-state index contributed by atoms with van der Waals surface area (Å²) in [5.74, 6) is 1.72. The van der Waals surface area contributed by atoms with Crippen molar-refractivity contribution in [1.29, 1.82) is 0 Å². The van der Waals surface area contributed by atoms with Crippen LogP contribution >= 0.6 is 0 Å². The summed E-state index contributed by atoms with van der Waals surface area (Å²) in [5, 5.41) is 8.93. The molecule has 9 heteroatoms. The molecular formula is C25H32N4O5. The lowest BCUT2D eigenvalue weighted by Gasteiger charge is -2.25. The highest BCUT2D eigenvalue weighted by Gasteiger charge is 2.34. The SMILES string of the molecule is CCCNC(=O)N(C)CC(=O)N1N=C(c2ccc(OC)cc2OC)CC1c1ccc(OC)cc1. The number of benzene rings is 2. The molecule has 182 valence electrons. The first-order valence-corrected chi connectivity index (χ1v) is 11.2. The van der Waals surface area contributed by atoms with Gasteiger partial charge in [-0.25, -0.2) is 9.80 Å². The van der Waals surface area contributed by atoms with Crippen LogP contribution in [0, 0.1) is 0 Å². The number of rotatable bonds is 9. The van der Waals surface area contributed by atoms with Gasteiger partial charge in [-0.15, -0.1) is 0 Å². The highest BCUT2D eigenvalue weighted by molar-refractivity contribution is 6.05. The third kappa shape index (κ3) is 5.59. The molecule has 0 bridgehead atoms. The fourth-order valence-electron chi connectivity index (χ4n) is 3.74. The van der Waals surface area contributed by atoms with Gasteiger partial charge in [-0.05, 0) is 36.2 Å². The Morgan fingerprint density at radius 1 is 1.06 bits per heavy atom. The van der Waals surface area contributed by atoms with E-state index in [-0.39, 0.29) is 24.5 Å². The Morgan fingerprint density at radius 3 is 2.35 bits per heavy atom. The maximum Gasteiger partial charge on any atom is 0.317 e. The average molecular weight is 469 g/mol. The van der Waals surface area contributed by atoms with Crippen molar-refractivity contribution >= 4 is 17.6 Å². The van der Waals surface area contributed by atoms with Gasteiger partial charge >= 0.3 is 6.03 Å². The topological polar surface area (TPSA) is 92.7 Å². The van der Waals surface area contributed by atoms with Crippen molar-refractivity contribution in [3.8, 4) is 17.2 Å². The first-order valence-electron chi connectivity index (χ1n) is 11.2. The molecule has 34 heavy (non-hydrogen) atoms. The van der Waals surface area contributed by atoms with Crippen molar-refractivity contribution < 1.29 is 23.8 Å². The third-order valence-electron chi connectivity index (χ3n) is 5.63.